The Kier molecular flexibility index (Phi) is 4.77. The first-order valence-corrected chi connectivity index (χ1v) is 9.98. The van der Waals surface area contributed by atoms with Gasteiger partial charge < -0.3 is 14.5 Å². The highest BCUT2D eigenvalue weighted by Gasteiger charge is 2.27. The van der Waals surface area contributed by atoms with Crippen LogP contribution in [-0.4, -0.2) is 48.9 Å². The van der Waals surface area contributed by atoms with E-state index in [1.165, 1.54) is 17.7 Å². The molecule has 25 heavy (non-hydrogen) atoms. The van der Waals surface area contributed by atoms with Crippen molar-refractivity contribution in [3.63, 3.8) is 0 Å². The Morgan fingerprint density at radius 1 is 1.16 bits per heavy atom. The summed E-state index contributed by atoms with van der Waals surface area (Å²) in [4.78, 5) is 11.2. The van der Waals surface area contributed by atoms with Crippen molar-refractivity contribution in [2.75, 3.05) is 33.2 Å². The molecule has 4 rings (SSSR count). The van der Waals surface area contributed by atoms with Gasteiger partial charge in [0.1, 0.15) is 11.5 Å². The molecule has 0 bridgehead atoms. The van der Waals surface area contributed by atoms with Gasteiger partial charge in [0.2, 0.25) is 0 Å². The lowest BCUT2D eigenvalue weighted by Crippen LogP contribution is -2.47. The van der Waals surface area contributed by atoms with E-state index >= 15 is 0 Å². The molecule has 2 aromatic rings. The Hall–Kier alpha value is -1.85. The summed E-state index contributed by atoms with van der Waals surface area (Å²) in [6, 6.07) is 10.4. The molecule has 0 N–H and O–H groups in total. The van der Waals surface area contributed by atoms with Crippen molar-refractivity contribution in [2.45, 2.75) is 26.2 Å². The summed E-state index contributed by atoms with van der Waals surface area (Å²) < 4.78 is 6.27. The summed E-state index contributed by atoms with van der Waals surface area (Å²) in [6.45, 7) is 6.41. The molecule has 1 fully saturated rings. The smallest absolute Gasteiger partial charge is 0.192 e. The van der Waals surface area contributed by atoms with Gasteiger partial charge in [0.25, 0.3) is 0 Å². The highest BCUT2D eigenvalue weighted by Crippen LogP contribution is 2.42. The lowest BCUT2D eigenvalue weighted by Gasteiger charge is -2.34. The van der Waals surface area contributed by atoms with Crippen molar-refractivity contribution >= 4 is 22.9 Å². The number of hydrogen-bond acceptors (Lipinski definition) is 5. The van der Waals surface area contributed by atoms with Crippen molar-refractivity contribution in [3.05, 3.63) is 40.8 Å². The summed E-state index contributed by atoms with van der Waals surface area (Å²) >= 11 is 1.78. The number of para-hydroxylation sites is 2. The van der Waals surface area contributed by atoms with Gasteiger partial charge >= 0.3 is 0 Å². The van der Waals surface area contributed by atoms with Crippen LogP contribution in [0, 0.1) is 0 Å². The van der Waals surface area contributed by atoms with Gasteiger partial charge in [0, 0.05) is 31.1 Å². The van der Waals surface area contributed by atoms with Crippen LogP contribution in [-0.2, 0) is 6.42 Å². The standard InChI is InChI=1S/C20H25N3OS/c1-3-4-7-15-14-16-19(23-12-10-22(2)11-13-23)21-17-8-5-6-9-18(17)24-20(16)25-15/h5-6,8-9,14H,3-4,7,10-13H2,1-2H3. The molecule has 132 valence electrons. The zero-order valence-corrected chi connectivity index (χ0v) is 15.8. The number of ether oxygens (including phenoxy) is 1. The fraction of sp³-hybridized carbons (Fsp3) is 0.450. The van der Waals surface area contributed by atoms with E-state index < -0.39 is 0 Å². The van der Waals surface area contributed by atoms with Crippen LogP contribution in [0.5, 0.6) is 10.8 Å². The number of aliphatic imine (C=N–C) groups is 1. The van der Waals surface area contributed by atoms with Crippen molar-refractivity contribution < 1.29 is 4.74 Å². The number of hydrogen-bond donors (Lipinski definition) is 0. The van der Waals surface area contributed by atoms with E-state index in [0.717, 1.165) is 60.5 Å². The number of rotatable bonds is 3. The van der Waals surface area contributed by atoms with Crippen LogP contribution in [0.2, 0.25) is 0 Å². The second-order valence-electron chi connectivity index (χ2n) is 6.81. The maximum atomic E-state index is 6.27. The van der Waals surface area contributed by atoms with Crippen LogP contribution in [0.25, 0.3) is 0 Å². The minimum absolute atomic E-state index is 0.858. The normalized spacial score (nSPS) is 17.4. The molecule has 0 unspecified atom stereocenters. The fourth-order valence-electron chi connectivity index (χ4n) is 3.30. The predicted octanol–water partition coefficient (Wildman–Crippen LogP) is 4.52. The van der Waals surface area contributed by atoms with E-state index in [4.69, 9.17) is 9.73 Å². The largest absolute Gasteiger partial charge is 0.444 e. The van der Waals surface area contributed by atoms with Crippen molar-refractivity contribution in [1.82, 2.24) is 9.80 Å². The van der Waals surface area contributed by atoms with Crippen molar-refractivity contribution in [2.24, 2.45) is 4.99 Å². The molecule has 0 atom stereocenters. The maximum absolute atomic E-state index is 6.27. The molecule has 0 spiro atoms. The number of piperazine rings is 1. The van der Waals surface area contributed by atoms with Gasteiger partial charge in [0.05, 0.1) is 5.56 Å². The molecule has 3 heterocycles. The fourth-order valence-corrected chi connectivity index (χ4v) is 4.35. The summed E-state index contributed by atoms with van der Waals surface area (Å²) in [6.07, 6.45) is 3.55. The molecular formula is C20H25N3OS. The Bertz CT molecular complexity index is 775. The summed E-state index contributed by atoms with van der Waals surface area (Å²) in [5, 5.41) is 0.994. The molecule has 2 aliphatic heterocycles. The van der Waals surface area contributed by atoms with E-state index in [9.17, 15) is 0 Å². The highest BCUT2D eigenvalue weighted by atomic mass is 32.1. The lowest BCUT2D eigenvalue weighted by molar-refractivity contribution is 0.216. The second-order valence-corrected chi connectivity index (χ2v) is 7.91. The first-order chi connectivity index (χ1) is 12.2. The topological polar surface area (TPSA) is 28.1 Å². The van der Waals surface area contributed by atoms with Crippen molar-refractivity contribution in [3.8, 4) is 10.8 Å². The van der Waals surface area contributed by atoms with Gasteiger partial charge in [-0.3, -0.25) is 0 Å². The number of amidine groups is 1. The summed E-state index contributed by atoms with van der Waals surface area (Å²) in [5.74, 6) is 1.93. The Morgan fingerprint density at radius 2 is 1.96 bits per heavy atom. The Labute approximate surface area is 153 Å². The number of fused-ring (bicyclic) bond motifs is 2. The van der Waals surface area contributed by atoms with Crippen LogP contribution in [0.15, 0.2) is 35.3 Å². The van der Waals surface area contributed by atoms with E-state index in [1.807, 2.05) is 24.3 Å². The van der Waals surface area contributed by atoms with Crippen molar-refractivity contribution in [1.29, 1.82) is 0 Å². The minimum atomic E-state index is 0.858. The van der Waals surface area contributed by atoms with Crippen LogP contribution >= 0.6 is 11.3 Å². The van der Waals surface area contributed by atoms with Gasteiger partial charge in [-0.05, 0) is 38.1 Å². The average molecular weight is 356 g/mol. The van der Waals surface area contributed by atoms with Gasteiger partial charge in [0.15, 0.2) is 10.8 Å². The molecule has 0 aliphatic carbocycles. The first kappa shape index (κ1) is 16.6. The van der Waals surface area contributed by atoms with Crippen LogP contribution in [0.1, 0.15) is 30.2 Å². The molecule has 0 amide bonds. The van der Waals surface area contributed by atoms with Crippen LogP contribution < -0.4 is 4.74 Å². The number of thiophene rings is 1. The van der Waals surface area contributed by atoms with E-state index in [2.05, 4.69) is 29.8 Å². The number of likely N-dealkylation sites (N-methyl/N-ethyl adjacent to an activating group) is 1. The summed E-state index contributed by atoms with van der Waals surface area (Å²) in [7, 11) is 2.18. The third-order valence-electron chi connectivity index (χ3n) is 4.86. The summed E-state index contributed by atoms with van der Waals surface area (Å²) in [5.41, 5.74) is 2.09. The molecule has 2 aliphatic rings. The van der Waals surface area contributed by atoms with E-state index in [0.29, 0.717) is 0 Å². The molecule has 1 saturated heterocycles. The third-order valence-corrected chi connectivity index (χ3v) is 5.94. The third kappa shape index (κ3) is 3.44. The van der Waals surface area contributed by atoms with Gasteiger partial charge in [-0.25, -0.2) is 4.99 Å². The van der Waals surface area contributed by atoms with Gasteiger partial charge in [-0.2, -0.15) is 0 Å². The zero-order chi connectivity index (χ0) is 17.2. The SMILES string of the molecule is CCCCc1cc2c(s1)Oc1ccccc1N=C2N1CCN(C)CC1. The first-order valence-electron chi connectivity index (χ1n) is 9.16. The highest BCUT2D eigenvalue weighted by molar-refractivity contribution is 7.14. The molecule has 4 nitrogen and oxygen atoms in total. The predicted molar refractivity (Wildman–Crippen MR) is 105 cm³/mol. The van der Waals surface area contributed by atoms with E-state index in [-0.39, 0.29) is 0 Å². The van der Waals surface area contributed by atoms with Gasteiger partial charge in [-0.1, -0.05) is 25.5 Å². The second kappa shape index (κ2) is 7.18. The lowest BCUT2D eigenvalue weighted by atomic mass is 10.1. The number of unbranched alkanes of at least 4 members (excludes halogenated alkanes) is 1. The number of benzene rings is 1. The number of nitrogens with zero attached hydrogens (tertiary/aromatic N) is 3. The number of aryl methyl sites for hydroxylation is 1. The van der Waals surface area contributed by atoms with E-state index in [1.54, 1.807) is 11.3 Å². The molecule has 0 radical (unpaired) electrons. The maximum Gasteiger partial charge on any atom is 0.192 e. The molecule has 5 heteroatoms. The average Bonchev–Trinajstić information content (AvgIpc) is 2.95. The molecule has 0 saturated carbocycles. The monoisotopic (exact) mass is 355 g/mol. The Morgan fingerprint density at radius 3 is 2.76 bits per heavy atom. The minimum Gasteiger partial charge on any atom is -0.444 e. The quantitative estimate of drug-likeness (QED) is 0.810. The Balaban J connectivity index is 1.74. The molecular weight excluding hydrogens is 330 g/mol. The van der Waals surface area contributed by atoms with Crippen LogP contribution in [0.4, 0.5) is 5.69 Å². The molecule has 1 aromatic carbocycles. The zero-order valence-electron chi connectivity index (χ0n) is 15.0. The molecule has 1 aromatic heterocycles. The van der Waals surface area contributed by atoms with Crippen LogP contribution in [0.3, 0.4) is 0 Å². The van der Waals surface area contributed by atoms with Gasteiger partial charge in [-0.15, -0.1) is 11.3 Å².